The molecule has 0 radical (unpaired) electrons. The molecule has 1 unspecified atom stereocenters. The third-order valence-corrected chi connectivity index (χ3v) is 2.93. The highest BCUT2D eigenvalue weighted by Crippen LogP contribution is 2.16. The summed E-state index contributed by atoms with van der Waals surface area (Å²) in [6.07, 6.45) is 1.11. The fourth-order valence-electron chi connectivity index (χ4n) is 1.65. The van der Waals surface area contributed by atoms with Crippen LogP contribution in [-0.2, 0) is 9.53 Å². The molecule has 1 aromatic rings. The monoisotopic (exact) mass is 253 g/mol. The van der Waals surface area contributed by atoms with Crippen LogP contribution in [-0.4, -0.2) is 19.6 Å². The van der Waals surface area contributed by atoms with Gasteiger partial charge in [-0.1, -0.05) is 12.1 Å². The smallest absolute Gasteiger partial charge is 0.305 e. The fraction of sp³-hybridized carbons (Fsp3) is 0.500. The number of hydrogen-bond acceptors (Lipinski definition) is 3. The quantitative estimate of drug-likeness (QED) is 0.626. The average Bonchev–Trinajstić information content (AvgIpc) is 2.37. The predicted octanol–water partition coefficient (Wildman–Crippen LogP) is 2.74. The average molecular weight is 253 g/mol. The molecule has 0 heterocycles. The molecule has 0 bridgehead atoms. The van der Waals surface area contributed by atoms with Crippen LogP contribution in [0.2, 0.25) is 0 Å². The number of nitrogens with one attached hydrogen (secondary N) is 1. The van der Waals surface area contributed by atoms with Gasteiger partial charge < -0.3 is 10.1 Å². The number of carbonyl (C=O) groups is 1. The molecule has 18 heavy (non-hydrogen) atoms. The van der Waals surface area contributed by atoms with Crippen molar-refractivity contribution < 1.29 is 13.9 Å². The van der Waals surface area contributed by atoms with Crippen LogP contribution in [0.3, 0.4) is 0 Å². The molecule has 0 amide bonds. The lowest BCUT2D eigenvalue weighted by atomic mass is 10.1. The Bertz CT molecular complexity index is 407. The van der Waals surface area contributed by atoms with Crippen LogP contribution >= 0.6 is 0 Å². The minimum Gasteiger partial charge on any atom is -0.469 e. The first-order valence-electron chi connectivity index (χ1n) is 6.11. The Morgan fingerprint density at radius 2 is 2.22 bits per heavy atom. The zero-order valence-corrected chi connectivity index (χ0v) is 11.1. The van der Waals surface area contributed by atoms with Gasteiger partial charge in [-0.25, -0.2) is 4.39 Å². The second-order valence-electron chi connectivity index (χ2n) is 4.36. The molecule has 0 aromatic heterocycles. The molecule has 3 nitrogen and oxygen atoms in total. The minimum absolute atomic E-state index is 0.0674. The topological polar surface area (TPSA) is 38.3 Å². The molecule has 0 aliphatic rings. The van der Waals surface area contributed by atoms with Crippen LogP contribution in [0.15, 0.2) is 18.2 Å². The molecule has 0 spiro atoms. The normalized spacial score (nSPS) is 12.2. The van der Waals surface area contributed by atoms with Crippen LogP contribution in [0.1, 0.15) is 36.9 Å². The van der Waals surface area contributed by atoms with Gasteiger partial charge in [-0.3, -0.25) is 4.79 Å². The van der Waals surface area contributed by atoms with E-state index in [0.29, 0.717) is 24.9 Å². The zero-order chi connectivity index (χ0) is 13.5. The van der Waals surface area contributed by atoms with E-state index in [2.05, 4.69) is 10.1 Å². The molecule has 0 saturated heterocycles. The van der Waals surface area contributed by atoms with Crippen molar-refractivity contribution in [2.75, 3.05) is 13.7 Å². The Morgan fingerprint density at radius 1 is 1.50 bits per heavy atom. The summed E-state index contributed by atoms with van der Waals surface area (Å²) in [7, 11) is 1.38. The number of carbonyl (C=O) groups excluding carboxylic acids is 1. The number of ether oxygens (including phenoxy) is 1. The van der Waals surface area contributed by atoms with Gasteiger partial charge in [-0.2, -0.15) is 0 Å². The van der Waals surface area contributed by atoms with E-state index < -0.39 is 0 Å². The molecule has 1 atom stereocenters. The first-order chi connectivity index (χ1) is 8.54. The van der Waals surface area contributed by atoms with Crippen molar-refractivity contribution in [2.45, 2.75) is 32.7 Å². The molecule has 1 N–H and O–H groups in total. The van der Waals surface area contributed by atoms with E-state index in [-0.39, 0.29) is 17.8 Å². The standard InChI is InChI=1S/C14H20FNO2/c1-10-6-7-12(9-13(10)15)11(2)16-8-4-5-14(17)18-3/h6-7,9,11,16H,4-5,8H2,1-3H3. The lowest BCUT2D eigenvalue weighted by Crippen LogP contribution is -2.20. The Balaban J connectivity index is 2.38. The number of rotatable bonds is 6. The van der Waals surface area contributed by atoms with Crippen molar-refractivity contribution in [3.63, 3.8) is 0 Å². The van der Waals surface area contributed by atoms with Crippen LogP contribution in [0.4, 0.5) is 4.39 Å². The molecule has 0 saturated carbocycles. The Hall–Kier alpha value is -1.42. The Kier molecular flexibility index (Phi) is 5.78. The van der Waals surface area contributed by atoms with Crippen LogP contribution in [0, 0.1) is 12.7 Å². The highest BCUT2D eigenvalue weighted by molar-refractivity contribution is 5.69. The van der Waals surface area contributed by atoms with Crippen molar-refractivity contribution in [3.05, 3.63) is 35.1 Å². The summed E-state index contributed by atoms with van der Waals surface area (Å²) < 4.78 is 17.9. The largest absolute Gasteiger partial charge is 0.469 e. The van der Waals surface area contributed by atoms with Gasteiger partial charge in [0.15, 0.2) is 0 Å². The second-order valence-corrected chi connectivity index (χ2v) is 4.36. The fourth-order valence-corrected chi connectivity index (χ4v) is 1.65. The summed E-state index contributed by atoms with van der Waals surface area (Å²) in [4.78, 5) is 10.9. The molecule has 1 rings (SSSR count). The molecule has 0 aliphatic heterocycles. The number of halogens is 1. The summed E-state index contributed by atoms with van der Waals surface area (Å²) in [5.41, 5.74) is 1.56. The first-order valence-corrected chi connectivity index (χ1v) is 6.11. The van der Waals surface area contributed by atoms with Crippen molar-refractivity contribution >= 4 is 5.97 Å². The van der Waals surface area contributed by atoms with Gasteiger partial charge in [0, 0.05) is 12.5 Å². The molecular formula is C14H20FNO2. The molecular weight excluding hydrogens is 233 g/mol. The van der Waals surface area contributed by atoms with E-state index in [1.807, 2.05) is 13.0 Å². The maximum Gasteiger partial charge on any atom is 0.305 e. The minimum atomic E-state index is -0.203. The first kappa shape index (κ1) is 14.6. The van der Waals surface area contributed by atoms with Crippen molar-refractivity contribution in [1.82, 2.24) is 5.32 Å². The zero-order valence-electron chi connectivity index (χ0n) is 11.1. The lowest BCUT2D eigenvalue weighted by molar-refractivity contribution is -0.140. The number of benzene rings is 1. The maximum atomic E-state index is 13.4. The van der Waals surface area contributed by atoms with E-state index >= 15 is 0 Å². The highest BCUT2D eigenvalue weighted by atomic mass is 19.1. The molecule has 100 valence electrons. The van der Waals surface area contributed by atoms with E-state index in [0.717, 1.165) is 5.56 Å². The maximum absolute atomic E-state index is 13.4. The summed E-state index contributed by atoms with van der Waals surface area (Å²) in [6, 6.07) is 5.30. The number of hydrogen-bond donors (Lipinski definition) is 1. The number of aryl methyl sites for hydroxylation is 1. The van der Waals surface area contributed by atoms with Gasteiger partial charge in [0.2, 0.25) is 0 Å². The number of esters is 1. The van der Waals surface area contributed by atoms with Gasteiger partial charge in [0.1, 0.15) is 5.82 Å². The van der Waals surface area contributed by atoms with Crippen molar-refractivity contribution in [2.24, 2.45) is 0 Å². The summed E-state index contributed by atoms with van der Waals surface area (Å²) >= 11 is 0. The van der Waals surface area contributed by atoms with Gasteiger partial charge >= 0.3 is 5.97 Å². The third-order valence-electron chi connectivity index (χ3n) is 2.93. The van der Waals surface area contributed by atoms with Gasteiger partial charge in [-0.15, -0.1) is 0 Å². The van der Waals surface area contributed by atoms with E-state index in [9.17, 15) is 9.18 Å². The molecule has 1 aromatic carbocycles. The van der Waals surface area contributed by atoms with E-state index in [1.165, 1.54) is 7.11 Å². The van der Waals surface area contributed by atoms with Gasteiger partial charge in [0.05, 0.1) is 7.11 Å². The van der Waals surface area contributed by atoms with Crippen LogP contribution in [0.25, 0.3) is 0 Å². The SMILES string of the molecule is COC(=O)CCCNC(C)c1ccc(C)c(F)c1. The Morgan fingerprint density at radius 3 is 2.83 bits per heavy atom. The van der Waals surface area contributed by atoms with Gasteiger partial charge in [-0.05, 0) is 44.0 Å². The third kappa shape index (κ3) is 4.45. The molecule has 4 heteroatoms. The Labute approximate surface area is 107 Å². The summed E-state index contributed by atoms with van der Waals surface area (Å²) in [5, 5.41) is 3.25. The number of methoxy groups -OCH3 is 1. The highest BCUT2D eigenvalue weighted by Gasteiger charge is 2.07. The van der Waals surface area contributed by atoms with E-state index in [4.69, 9.17) is 0 Å². The molecule has 0 aliphatic carbocycles. The second kappa shape index (κ2) is 7.11. The van der Waals surface area contributed by atoms with Gasteiger partial charge in [0.25, 0.3) is 0 Å². The van der Waals surface area contributed by atoms with Crippen LogP contribution < -0.4 is 5.32 Å². The van der Waals surface area contributed by atoms with Crippen LogP contribution in [0.5, 0.6) is 0 Å². The van der Waals surface area contributed by atoms with E-state index in [1.54, 1.807) is 19.1 Å². The lowest BCUT2D eigenvalue weighted by Gasteiger charge is -2.14. The van der Waals surface area contributed by atoms with Crippen molar-refractivity contribution in [3.8, 4) is 0 Å². The summed E-state index contributed by atoms with van der Waals surface area (Å²) in [6.45, 7) is 4.42. The molecule has 0 fully saturated rings. The van der Waals surface area contributed by atoms with Crippen molar-refractivity contribution in [1.29, 1.82) is 0 Å². The summed E-state index contributed by atoms with van der Waals surface area (Å²) in [5.74, 6) is -0.387. The predicted molar refractivity (Wildman–Crippen MR) is 68.8 cm³/mol.